The van der Waals surface area contributed by atoms with Crippen molar-refractivity contribution in [3.63, 3.8) is 0 Å². The number of hydrogen-bond acceptors (Lipinski definition) is 4. The molecule has 0 radical (unpaired) electrons. The number of hydrogen-bond donors (Lipinski definition) is 2. The lowest BCUT2D eigenvalue weighted by Crippen LogP contribution is -2.08. The molecule has 0 unspecified atom stereocenters. The van der Waals surface area contributed by atoms with Crippen LogP contribution < -0.4 is 5.32 Å². The summed E-state index contributed by atoms with van der Waals surface area (Å²) in [7, 11) is 0. The fourth-order valence-electron chi connectivity index (χ4n) is 1.19. The molecule has 0 saturated heterocycles. The topological polar surface area (TPSA) is 54.4 Å². The number of ether oxygens (including phenoxy) is 1. The van der Waals surface area contributed by atoms with E-state index in [2.05, 4.69) is 26.2 Å². The molecule has 0 spiro atoms. The fraction of sp³-hybridized carbons (Fsp3) is 0.545. The third-order valence-electron chi connectivity index (χ3n) is 2.05. The summed E-state index contributed by atoms with van der Waals surface area (Å²) in [4.78, 5) is 4.23. The molecule has 1 heterocycles. The van der Waals surface area contributed by atoms with E-state index in [1.807, 2.05) is 13.0 Å². The Hall–Kier alpha value is -0.650. The molecule has 0 aromatic carbocycles. The summed E-state index contributed by atoms with van der Waals surface area (Å²) in [5.74, 6) is 0.878. The van der Waals surface area contributed by atoms with Gasteiger partial charge in [-0.1, -0.05) is 0 Å². The van der Waals surface area contributed by atoms with Crippen LogP contribution in [0, 0.1) is 6.92 Å². The molecule has 90 valence electrons. The van der Waals surface area contributed by atoms with Crippen LogP contribution in [0.5, 0.6) is 0 Å². The second-order valence-corrected chi connectivity index (χ2v) is 4.29. The molecule has 1 aromatic heterocycles. The Morgan fingerprint density at radius 2 is 2.31 bits per heavy atom. The predicted octanol–water partition coefficient (Wildman–Crippen LogP) is 1.96. The van der Waals surface area contributed by atoms with Crippen molar-refractivity contribution in [2.45, 2.75) is 13.3 Å². The Bertz CT molecular complexity index is 321. The highest BCUT2D eigenvalue weighted by Crippen LogP contribution is 2.16. The lowest BCUT2D eigenvalue weighted by atomic mass is 10.3. The molecule has 0 aliphatic carbocycles. The van der Waals surface area contributed by atoms with Crippen molar-refractivity contribution in [1.82, 2.24) is 4.98 Å². The SMILES string of the molecule is Cc1cc(NCCCOCCO)ncc1Br. The molecule has 0 aliphatic heterocycles. The highest BCUT2D eigenvalue weighted by atomic mass is 79.9. The first-order valence-corrected chi connectivity index (χ1v) is 6.08. The van der Waals surface area contributed by atoms with Crippen LogP contribution in [-0.2, 0) is 4.74 Å². The summed E-state index contributed by atoms with van der Waals surface area (Å²) in [5, 5.41) is 11.7. The van der Waals surface area contributed by atoms with Crippen LogP contribution in [0.15, 0.2) is 16.7 Å². The molecule has 0 bridgehead atoms. The standard InChI is InChI=1S/C11H17BrN2O2/c1-9-7-11(14-8-10(9)12)13-3-2-5-16-6-4-15/h7-8,15H,2-6H2,1H3,(H,13,14). The molecule has 16 heavy (non-hydrogen) atoms. The van der Waals surface area contributed by atoms with Crippen LogP contribution in [0.4, 0.5) is 5.82 Å². The van der Waals surface area contributed by atoms with Gasteiger partial charge in [-0.2, -0.15) is 0 Å². The van der Waals surface area contributed by atoms with Gasteiger partial charge in [0.05, 0.1) is 13.2 Å². The zero-order valence-corrected chi connectivity index (χ0v) is 11.0. The molecule has 0 atom stereocenters. The van der Waals surface area contributed by atoms with Gasteiger partial charge >= 0.3 is 0 Å². The number of anilines is 1. The Morgan fingerprint density at radius 1 is 1.50 bits per heavy atom. The summed E-state index contributed by atoms with van der Waals surface area (Å²) < 4.78 is 6.16. The van der Waals surface area contributed by atoms with Crippen LogP contribution in [-0.4, -0.2) is 36.5 Å². The van der Waals surface area contributed by atoms with Gasteiger partial charge in [0, 0.05) is 23.8 Å². The fourth-order valence-corrected chi connectivity index (χ4v) is 1.41. The second kappa shape index (κ2) is 7.60. The average Bonchev–Trinajstić information content (AvgIpc) is 2.28. The smallest absolute Gasteiger partial charge is 0.126 e. The highest BCUT2D eigenvalue weighted by Gasteiger charge is 1.97. The van der Waals surface area contributed by atoms with Gasteiger partial charge in [-0.05, 0) is 40.9 Å². The largest absolute Gasteiger partial charge is 0.394 e. The number of halogens is 1. The van der Waals surface area contributed by atoms with Gasteiger partial charge in [0.25, 0.3) is 0 Å². The molecular weight excluding hydrogens is 272 g/mol. The van der Waals surface area contributed by atoms with Crippen LogP contribution in [0.2, 0.25) is 0 Å². The van der Waals surface area contributed by atoms with Crippen molar-refractivity contribution in [3.05, 3.63) is 22.3 Å². The molecule has 0 saturated carbocycles. The maximum absolute atomic E-state index is 8.50. The average molecular weight is 289 g/mol. The Labute approximate surface area is 104 Å². The number of aliphatic hydroxyl groups excluding tert-OH is 1. The van der Waals surface area contributed by atoms with Gasteiger partial charge < -0.3 is 15.2 Å². The van der Waals surface area contributed by atoms with Gasteiger partial charge in [-0.25, -0.2) is 4.98 Å². The molecule has 0 fully saturated rings. The van der Waals surface area contributed by atoms with Gasteiger partial charge in [0.2, 0.25) is 0 Å². The van der Waals surface area contributed by atoms with Crippen LogP contribution in [0.3, 0.4) is 0 Å². The number of nitrogens with one attached hydrogen (secondary N) is 1. The van der Waals surface area contributed by atoms with Crippen molar-refractivity contribution in [3.8, 4) is 0 Å². The van der Waals surface area contributed by atoms with Crippen molar-refractivity contribution in [1.29, 1.82) is 0 Å². The minimum Gasteiger partial charge on any atom is -0.394 e. The molecule has 1 aromatic rings. The molecule has 0 amide bonds. The summed E-state index contributed by atoms with van der Waals surface area (Å²) in [6, 6.07) is 2.00. The number of nitrogens with zero attached hydrogens (tertiary/aromatic N) is 1. The normalized spacial score (nSPS) is 10.4. The molecular formula is C11H17BrN2O2. The van der Waals surface area contributed by atoms with E-state index in [9.17, 15) is 0 Å². The maximum Gasteiger partial charge on any atom is 0.126 e. The molecule has 5 heteroatoms. The first kappa shape index (κ1) is 13.4. The number of aromatic nitrogens is 1. The van der Waals surface area contributed by atoms with Crippen molar-refractivity contribution < 1.29 is 9.84 Å². The summed E-state index contributed by atoms with van der Waals surface area (Å²) in [6.45, 7) is 4.00. The van der Waals surface area contributed by atoms with E-state index in [4.69, 9.17) is 9.84 Å². The van der Waals surface area contributed by atoms with Crippen molar-refractivity contribution >= 4 is 21.7 Å². The third kappa shape index (κ3) is 4.92. The molecule has 1 rings (SSSR count). The minimum atomic E-state index is 0.0842. The summed E-state index contributed by atoms with van der Waals surface area (Å²) in [5.41, 5.74) is 1.16. The summed E-state index contributed by atoms with van der Waals surface area (Å²) >= 11 is 3.41. The third-order valence-corrected chi connectivity index (χ3v) is 2.88. The Balaban J connectivity index is 2.19. The quantitative estimate of drug-likeness (QED) is 0.753. The Kier molecular flexibility index (Phi) is 6.37. The van der Waals surface area contributed by atoms with Crippen LogP contribution in [0.25, 0.3) is 0 Å². The first-order chi connectivity index (χ1) is 7.74. The summed E-state index contributed by atoms with van der Waals surface area (Å²) in [6.07, 6.45) is 2.69. The van der Waals surface area contributed by atoms with E-state index in [0.29, 0.717) is 13.2 Å². The van der Waals surface area contributed by atoms with Crippen molar-refractivity contribution in [2.75, 3.05) is 31.7 Å². The van der Waals surface area contributed by atoms with Crippen molar-refractivity contribution in [2.24, 2.45) is 0 Å². The van der Waals surface area contributed by atoms with Crippen LogP contribution >= 0.6 is 15.9 Å². The van der Waals surface area contributed by atoms with E-state index in [1.54, 1.807) is 6.20 Å². The number of rotatable bonds is 7. The van der Waals surface area contributed by atoms with Gasteiger partial charge in [0.15, 0.2) is 0 Å². The molecule has 2 N–H and O–H groups in total. The second-order valence-electron chi connectivity index (χ2n) is 3.44. The molecule has 4 nitrogen and oxygen atoms in total. The van der Waals surface area contributed by atoms with E-state index in [-0.39, 0.29) is 6.61 Å². The number of pyridine rings is 1. The maximum atomic E-state index is 8.50. The molecule has 0 aliphatic rings. The highest BCUT2D eigenvalue weighted by molar-refractivity contribution is 9.10. The first-order valence-electron chi connectivity index (χ1n) is 5.28. The lowest BCUT2D eigenvalue weighted by Gasteiger charge is -2.07. The van der Waals surface area contributed by atoms with Gasteiger partial charge in [-0.3, -0.25) is 0 Å². The van der Waals surface area contributed by atoms with Crippen LogP contribution in [0.1, 0.15) is 12.0 Å². The zero-order chi connectivity index (χ0) is 11.8. The van der Waals surface area contributed by atoms with Gasteiger partial charge in [0.1, 0.15) is 5.82 Å². The zero-order valence-electron chi connectivity index (χ0n) is 9.37. The van der Waals surface area contributed by atoms with E-state index in [1.165, 1.54) is 0 Å². The van der Waals surface area contributed by atoms with E-state index in [0.717, 1.165) is 28.8 Å². The minimum absolute atomic E-state index is 0.0842. The number of aliphatic hydroxyl groups is 1. The lowest BCUT2D eigenvalue weighted by molar-refractivity contribution is 0.0922. The monoisotopic (exact) mass is 288 g/mol. The number of aryl methyl sites for hydroxylation is 1. The Morgan fingerprint density at radius 3 is 3.00 bits per heavy atom. The predicted molar refractivity (Wildman–Crippen MR) is 67.7 cm³/mol. The van der Waals surface area contributed by atoms with E-state index >= 15 is 0 Å². The van der Waals surface area contributed by atoms with Gasteiger partial charge in [-0.15, -0.1) is 0 Å². The van der Waals surface area contributed by atoms with E-state index < -0.39 is 0 Å².